The fourth-order valence-electron chi connectivity index (χ4n) is 2.94. The molecule has 2 aromatic carbocycles. The van der Waals surface area contributed by atoms with Gasteiger partial charge in [-0.25, -0.2) is 0 Å². The van der Waals surface area contributed by atoms with Gasteiger partial charge in [-0.3, -0.25) is 14.4 Å². The Morgan fingerprint density at radius 3 is 2.68 bits per heavy atom. The molecular formula is C20H18Cl2N2O4. The van der Waals surface area contributed by atoms with E-state index in [-0.39, 0.29) is 18.9 Å². The summed E-state index contributed by atoms with van der Waals surface area (Å²) < 4.78 is 5.08. The topological polar surface area (TPSA) is 75.7 Å². The van der Waals surface area contributed by atoms with Crippen molar-refractivity contribution in [1.82, 2.24) is 0 Å². The summed E-state index contributed by atoms with van der Waals surface area (Å²) in [5, 5.41) is 3.24. The molecule has 0 aromatic heterocycles. The van der Waals surface area contributed by atoms with Gasteiger partial charge in [0.15, 0.2) is 6.61 Å². The van der Waals surface area contributed by atoms with E-state index < -0.39 is 24.4 Å². The molecule has 1 heterocycles. The third-order valence-electron chi connectivity index (χ3n) is 4.32. The first-order chi connectivity index (χ1) is 13.3. The van der Waals surface area contributed by atoms with E-state index in [4.69, 9.17) is 27.9 Å². The highest BCUT2D eigenvalue weighted by atomic mass is 35.5. The second-order valence-corrected chi connectivity index (χ2v) is 7.34. The number of ether oxygens (including phenoxy) is 1. The Hall–Kier alpha value is -2.57. The molecule has 1 aliphatic rings. The fraction of sp³-hybridized carbons (Fsp3) is 0.250. The smallest absolute Gasteiger partial charge is 0.311 e. The number of rotatable bonds is 5. The highest BCUT2D eigenvalue weighted by molar-refractivity contribution is 6.42. The summed E-state index contributed by atoms with van der Waals surface area (Å²) in [5.41, 5.74) is 2.21. The SMILES string of the molecule is Cc1cccc(N2C[C@@H](C(=O)OCC(=O)Nc3ccc(Cl)c(Cl)c3)CC2=O)c1. The van der Waals surface area contributed by atoms with Crippen molar-refractivity contribution in [2.75, 3.05) is 23.4 Å². The predicted octanol–water partition coefficient (Wildman–Crippen LogP) is 3.84. The molecule has 3 rings (SSSR count). The molecule has 0 bridgehead atoms. The van der Waals surface area contributed by atoms with Crippen LogP contribution in [0.25, 0.3) is 0 Å². The van der Waals surface area contributed by atoms with Crippen molar-refractivity contribution in [3.8, 4) is 0 Å². The first-order valence-electron chi connectivity index (χ1n) is 8.62. The summed E-state index contributed by atoms with van der Waals surface area (Å²) in [6, 6.07) is 12.1. The summed E-state index contributed by atoms with van der Waals surface area (Å²) in [6.45, 7) is 1.71. The van der Waals surface area contributed by atoms with Gasteiger partial charge in [0.05, 0.1) is 16.0 Å². The molecule has 1 saturated heterocycles. The molecule has 1 N–H and O–H groups in total. The van der Waals surface area contributed by atoms with Crippen molar-refractivity contribution in [2.45, 2.75) is 13.3 Å². The van der Waals surface area contributed by atoms with Crippen molar-refractivity contribution in [1.29, 1.82) is 0 Å². The summed E-state index contributed by atoms with van der Waals surface area (Å²) in [7, 11) is 0. The number of nitrogens with one attached hydrogen (secondary N) is 1. The number of hydrogen-bond acceptors (Lipinski definition) is 4. The Balaban J connectivity index is 1.53. The molecule has 0 spiro atoms. The van der Waals surface area contributed by atoms with E-state index in [0.29, 0.717) is 15.7 Å². The van der Waals surface area contributed by atoms with Crippen LogP contribution in [0.5, 0.6) is 0 Å². The largest absolute Gasteiger partial charge is 0.455 e. The number of hydrogen-bond donors (Lipinski definition) is 1. The van der Waals surface area contributed by atoms with Gasteiger partial charge in [-0.15, -0.1) is 0 Å². The number of halogens is 2. The van der Waals surface area contributed by atoms with Gasteiger partial charge in [-0.05, 0) is 42.8 Å². The summed E-state index contributed by atoms with van der Waals surface area (Å²) in [6.07, 6.45) is 0.0567. The number of aryl methyl sites for hydroxylation is 1. The lowest BCUT2D eigenvalue weighted by molar-refractivity contribution is -0.151. The average Bonchev–Trinajstić information content (AvgIpc) is 3.05. The number of nitrogens with zero attached hydrogens (tertiary/aromatic N) is 1. The van der Waals surface area contributed by atoms with Gasteiger partial charge in [0.2, 0.25) is 5.91 Å². The molecule has 28 heavy (non-hydrogen) atoms. The molecule has 6 nitrogen and oxygen atoms in total. The lowest BCUT2D eigenvalue weighted by Crippen LogP contribution is -2.28. The maximum absolute atomic E-state index is 12.3. The Labute approximate surface area is 172 Å². The molecule has 0 aliphatic carbocycles. The van der Waals surface area contributed by atoms with E-state index in [0.717, 1.165) is 11.3 Å². The van der Waals surface area contributed by atoms with Crippen molar-refractivity contribution in [2.24, 2.45) is 5.92 Å². The standard InChI is InChI=1S/C20H18Cl2N2O4/c1-12-3-2-4-15(7-12)24-10-13(8-19(24)26)20(27)28-11-18(25)23-14-5-6-16(21)17(22)9-14/h2-7,9,13H,8,10-11H2,1H3,(H,23,25)/t13-/m0/s1. The van der Waals surface area contributed by atoms with Crippen LogP contribution in [0.1, 0.15) is 12.0 Å². The zero-order valence-electron chi connectivity index (χ0n) is 15.1. The summed E-state index contributed by atoms with van der Waals surface area (Å²) in [5.74, 6) is -1.84. The summed E-state index contributed by atoms with van der Waals surface area (Å²) in [4.78, 5) is 38.1. The second kappa shape index (κ2) is 8.63. The Morgan fingerprint density at radius 2 is 1.96 bits per heavy atom. The summed E-state index contributed by atoms with van der Waals surface area (Å²) >= 11 is 11.7. The molecule has 8 heteroatoms. The zero-order chi connectivity index (χ0) is 20.3. The minimum Gasteiger partial charge on any atom is -0.455 e. The number of amides is 2. The first kappa shape index (κ1) is 20.2. The molecular weight excluding hydrogens is 403 g/mol. The number of esters is 1. The van der Waals surface area contributed by atoms with Gasteiger partial charge in [0.25, 0.3) is 5.91 Å². The lowest BCUT2D eigenvalue weighted by atomic mass is 10.1. The minimum atomic E-state index is -0.606. The number of carbonyl (C=O) groups excluding carboxylic acids is 3. The molecule has 2 aromatic rings. The van der Waals surface area contributed by atoms with E-state index >= 15 is 0 Å². The van der Waals surface area contributed by atoms with Crippen LogP contribution in [0.2, 0.25) is 10.0 Å². The Bertz CT molecular complexity index is 932. The molecule has 146 valence electrons. The van der Waals surface area contributed by atoms with Crippen LogP contribution in [0.3, 0.4) is 0 Å². The molecule has 2 amide bonds. The average molecular weight is 421 g/mol. The number of carbonyl (C=O) groups is 3. The van der Waals surface area contributed by atoms with Gasteiger partial charge < -0.3 is 15.0 Å². The van der Waals surface area contributed by atoms with Crippen LogP contribution >= 0.6 is 23.2 Å². The molecule has 0 unspecified atom stereocenters. The van der Waals surface area contributed by atoms with Crippen LogP contribution in [0.15, 0.2) is 42.5 Å². The predicted molar refractivity (Wildman–Crippen MR) is 108 cm³/mol. The molecule has 1 fully saturated rings. The molecule has 1 aliphatic heterocycles. The third-order valence-corrected chi connectivity index (χ3v) is 5.06. The van der Waals surface area contributed by atoms with Crippen molar-refractivity contribution in [3.63, 3.8) is 0 Å². The van der Waals surface area contributed by atoms with Gasteiger partial charge >= 0.3 is 5.97 Å². The van der Waals surface area contributed by atoms with Crippen molar-refractivity contribution in [3.05, 3.63) is 58.1 Å². The second-order valence-electron chi connectivity index (χ2n) is 6.53. The maximum Gasteiger partial charge on any atom is 0.311 e. The monoisotopic (exact) mass is 420 g/mol. The highest BCUT2D eigenvalue weighted by Crippen LogP contribution is 2.27. The van der Waals surface area contributed by atoms with E-state index in [2.05, 4.69) is 5.32 Å². The van der Waals surface area contributed by atoms with E-state index in [1.807, 2.05) is 31.2 Å². The van der Waals surface area contributed by atoms with Crippen LogP contribution < -0.4 is 10.2 Å². The van der Waals surface area contributed by atoms with Gasteiger partial charge in [-0.1, -0.05) is 35.3 Å². The first-order valence-corrected chi connectivity index (χ1v) is 9.37. The quantitative estimate of drug-likeness (QED) is 0.745. The fourth-order valence-corrected chi connectivity index (χ4v) is 3.23. The van der Waals surface area contributed by atoms with Crippen LogP contribution in [-0.2, 0) is 19.1 Å². The van der Waals surface area contributed by atoms with Gasteiger partial charge in [0.1, 0.15) is 0 Å². The molecule has 0 saturated carbocycles. The highest BCUT2D eigenvalue weighted by Gasteiger charge is 2.36. The Morgan fingerprint density at radius 1 is 1.18 bits per heavy atom. The maximum atomic E-state index is 12.3. The minimum absolute atomic E-state index is 0.0567. The van der Waals surface area contributed by atoms with Crippen LogP contribution in [-0.4, -0.2) is 30.9 Å². The van der Waals surface area contributed by atoms with Crippen LogP contribution in [0.4, 0.5) is 11.4 Å². The number of benzene rings is 2. The van der Waals surface area contributed by atoms with Crippen molar-refractivity contribution < 1.29 is 19.1 Å². The van der Waals surface area contributed by atoms with E-state index in [9.17, 15) is 14.4 Å². The zero-order valence-corrected chi connectivity index (χ0v) is 16.6. The lowest BCUT2D eigenvalue weighted by Gasteiger charge is -2.17. The normalized spacial score (nSPS) is 16.2. The van der Waals surface area contributed by atoms with E-state index in [1.165, 1.54) is 6.07 Å². The molecule has 1 atom stereocenters. The van der Waals surface area contributed by atoms with Gasteiger partial charge in [-0.2, -0.15) is 0 Å². The van der Waals surface area contributed by atoms with E-state index in [1.54, 1.807) is 17.0 Å². The van der Waals surface area contributed by atoms with Crippen LogP contribution in [0, 0.1) is 12.8 Å². The van der Waals surface area contributed by atoms with Crippen molar-refractivity contribution >= 4 is 52.4 Å². The Kier molecular flexibility index (Phi) is 6.21. The molecule has 0 radical (unpaired) electrons. The third kappa shape index (κ3) is 4.82. The number of anilines is 2. The van der Waals surface area contributed by atoms with Gasteiger partial charge in [0, 0.05) is 24.3 Å².